The van der Waals surface area contributed by atoms with Crippen LogP contribution in [0.2, 0.25) is 0 Å². The Morgan fingerprint density at radius 1 is 1.50 bits per heavy atom. The highest BCUT2D eigenvalue weighted by atomic mass is 32.2. The third-order valence-corrected chi connectivity index (χ3v) is 4.17. The summed E-state index contributed by atoms with van der Waals surface area (Å²) in [6.07, 6.45) is 2.89. The molecule has 1 aromatic rings. The van der Waals surface area contributed by atoms with E-state index in [1.807, 2.05) is 0 Å². The van der Waals surface area contributed by atoms with Gasteiger partial charge in [0.25, 0.3) is 0 Å². The summed E-state index contributed by atoms with van der Waals surface area (Å²) in [5.74, 6) is 1.13. The SMILES string of the molecule is CC/C(=C\c1cc(O)c(SCCCCF)c(OC)c1)[N+](=O)[O-]. The number of methoxy groups -OCH3 is 1. The first-order valence-electron chi connectivity index (χ1n) is 6.98. The molecule has 1 N–H and O–H groups in total. The molecule has 0 saturated carbocycles. The number of alkyl halides is 1. The number of phenolic OH excluding ortho intramolecular Hbond substituents is 1. The Morgan fingerprint density at radius 2 is 2.23 bits per heavy atom. The molecule has 0 bridgehead atoms. The van der Waals surface area contributed by atoms with Crippen molar-refractivity contribution in [2.45, 2.75) is 31.1 Å². The van der Waals surface area contributed by atoms with Gasteiger partial charge in [-0.1, -0.05) is 6.92 Å². The van der Waals surface area contributed by atoms with E-state index in [0.29, 0.717) is 34.8 Å². The average Bonchev–Trinajstić information content (AvgIpc) is 2.49. The molecule has 0 fully saturated rings. The Morgan fingerprint density at radius 3 is 2.77 bits per heavy atom. The molecule has 22 heavy (non-hydrogen) atoms. The monoisotopic (exact) mass is 329 g/mol. The maximum Gasteiger partial charge on any atom is 0.246 e. The van der Waals surface area contributed by atoms with E-state index in [1.54, 1.807) is 13.0 Å². The van der Waals surface area contributed by atoms with Gasteiger partial charge in [-0.25, -0.2) is 0 Å². The number of rotatable bonds is 9. The van der Waals surface area contributed by atoms with Crippen LogP contribution in [0.3, 0.4) is 0 Å². The molecule has 0 amide bonds. The third kappa shape index (κ3) is 5.22. The van der Waals surface area contributed by atoms with Gasteiger partial charge < -0.3 is 9.84 Å². The molecule has 0 aliphatic rings. The maximum absolute atomic E-state index is 12.1. The fourth-order valence-corrected chi connectivity index (χ4v) is 2.88. The molecule has 5 nitrogen and oxygen atoms in total. The number of nitro groups is 1. The highest BCUT2D eigenvalue weighted by Gasteiger charge is 2.13. The molecule has 122 valence electrons. The van der Waals surface area contributed by atoms with Gasteiger partial charge in [0.2, 0.25) is 5.70 Å². The van der Waals surface area contributed by atoms with Crippen molar-refractivity contribution in [2.24, 2.45) is 0 Å². The first-order valence-corrected chi connectivity index (χ1v) is 7.96. The van der Waals surface area contributed by atoms with Crippen LogP contribution >= 0.6 is 11.8 Å². The van der Waals surface area contributed by atoms with Crippen molar-refractivity contribution in [2.75, 3.05) is 19.5 Å². The predicted octanol–water partition coefficient (Wildman–Crippen LogP) is 4.27. The quantitative estimate of drug-likeness (QED) is 0.317. The van der Waals surface area contributed by atoms with Crippen LogP contribution in [-0.2, 0) is 0 Å². The molecule has 1 rings (SSSR count). The molecule has 1 aromatic carbocycles. The van der Waals surface area contributed by atoms with Crippen LogP contribution in [0, 0.1) is 10.1 Å². The summed E-state index contributed by atoms with van der Waals surface area (Å²) in [6.45, 7) is 1.34. The van der Waals surface area contributed by atoms with Crippen molar-refractivity contribution in [3.05, 3.63) is 33.5 Å². The zero-order chi connectivity index (χ0) is 16.5. The number of hydrogen-bond acceptors (Lipinski definition) is 5. The lowest BCUT2D eigenvalue weighted by Gasteiger charge is -2.11. The second-order valence-electron chi connectivity index (χ2n) is 4.56. The van der Waals surface area contributed by atoms with Crippen LogP contribution in [0.5, 0.6) is 11.5 Å². The summed E-state index contributed by atoms with van der Waals surface area (Å²) >= 11 is 1.38. The van der Waals surface area contributed by atoms with Crippen LogP contribution in [0.15, 0.2) is 22.7 Å². The minimum atomic E-state index is -0.441. The first-order chi connectivity index (χ1) is 10.5. The smallest absolute Gasteiger partial charge is 0.246 e. The van der Waals surface area contributed by atoms with Crippen molar-refractivity contribution in [1.82, 2.24) is 0 Å². The number of thioether (sulfide) groups is 1. The molecule has 0 unspecified atom stereocenters. The molecule has 0 atom stereocenters. The number of phenols is 1. The van der Waals surface area contributed by atoms with Crippen LogP contribution in [0.4, 0.5) is 4.39 Å². The number of aromatic hydroxyl groups is 1. The Balaban J connectivity index is 3.01. The van der Waals surface area contributed by atoms with E-state index in [-0.39, 0.29) is 24.5 Å². The largest absolute Gasteiger partial charge is 0.507 e. The number of hydrogen-bond donors (Lipinski definition) is 1. The number of benzene rings is 1. The summed E-state index contributed by atoms with van der Waals surface area (Å²) < 4.78 is 17.3. The van der Waals surface area contributed by atoms with E-state index >= 15 is 0 Å². The molecule has 0 heterocycles. The van der Waals surface area contributed by atoms with Crippen LogP contribution in [-0.4, -0.2) is 29.6 Å². The predicted molar refractivity (Wildman–Crippen MR) is 85.9 cm³/mol. The fourth-order valence-electron chi connectivity index (χ4n) is 1.84. The number of ether oxygens (including phenoxy) is 1. The van der Waals surface area contributed by atoms with E-state index in [0.717, 1.165) is 0 Å². The number of unbranched alkanes of at least 4 members (excludes halogenated alkanes) is 1. The molecular formula is C15H20FNO4S. The first kappa shape index (κ1) is 18.3. The van der Waals surface area contributed by atoms with Gasteiger partial charge in [0.1, 0.15) is 11.5 Å². The Hall–Kier alpha value is -1.76. The summed E-state index contributed by atoms with van der Waals surface area (Å²) in [6, 6.07) is 3.12. The molecule has 0 aliphatic heterocycles. The van der Waals surface area contributed by atoms with Crippen molar-refractivity contribution < 1.29 is 19.2 Å². The molecule has 7 heteroatoms. The molecule has 0 aromatic heterocycles. The molecule has 0 radical (unpaired) electrons. The summed E-state index contributed by atoms with van der Waals surface area (Å²) in [5, 5.41) is 21.0. The second-order valence-corrected chi connectivity index (χ2v) is 5.67. The van der Waals surface area contributed by atoms with E-state index in [4.69, 9.17) is 4.74 Å². The maximum atomic E-state index is 12.1. The van der Waals surface area contributed by atoms with Crippen LogP contribution in [0.25, 0.3) is 6.08 Å². The van der Waals surface area contributed by atoms with Gasteiger partial charge in [-0.3, -0.25) is 14.5 Å². The normalized spacial score (nSPS) is 11.5. The van der Waals surface area contributed by atoms with Gasteiger partial charge in [0.15, 0.2) is 0 Å². The van der Waals surface area contributed by atoms with E-state index in [2.05, 4.69) is 0 Å². The van der Waals surface area contributed by atoms with Gasteiger partial charge in [0, 0.05) is 12.5 Å². The summed E-state index contributed by atoms with van der Waals surface area (Å²) in [4.78, 5) is 11.0. The van der Waals surface area contributed by atoms with Gasteiger partial charge >= 0.3 is 0 Å². The Bertz CT molecular complexity index is 549. The van der Waals surface area contributed by atoms with Crippen molar-refractivity contribution in [3.8, 4) is 11.5 Å². The van der Waals surface area contributed by atoms with Gasteiger partial charge in [-0.05, 0) is 36.3 Å². The van der Waals surface area contributed by atoms with E-state index < -0.39 is 4.92 Å². The lowest BCUT2D eigenvalue weighted by Crippen LogP contribution is -1.97. The van der Waals surface area contributed by atoms with Gasteiger partial charge in [-0.15, -0.1) is 11.8 Å². The van der Waals surface area contributed by atoms with E-state index in [1.165, 1.54) is 31.0 Å². The lowest BCUT2D eigenvalue weighted by molar-refractivity contribution is -0.425. The van der Waals surface area contributed by atoms with Crippen LogP contribution in [0.1, 0.15) is 31.7 Å². The molecular weight excluding hydrogens is 309 g/mol. The molecule has 0 aliphatic carbocycles. The number of halogens is 1. The summed E-state index contributed by atoms with van der Waals surface area (Å²) in [5.41, 5.74) is 0.570. The van der Waals surface area contributed by atoms with Crippen LogP contribution < -0.4 is 4.74 Å². The number of nitrogens with zero attached hydrogens (tertiary/aromatic N) is 1. The van der Waals surface area contributed by atoms with Gasteiger partial charge in [0.05, 0.1) is 23.6 Å². The molecule has 0 saturated heterocycles. The minimum absolute atomic E-state index is 0.00893. The summed E-state index contributed by atoms with van der Waals surface area (Å²) in [7, 11) is 1.47. The minimum Gasteiger partial charge on any atom is -0.507 e. The zero-order valence-corrected chi connectivity index (χ0v) is 13.5. The zero-order valence-electron chi connectivity index (χ0n) is 12.7. The highest BCUT2D eigenvalue weighted by Crippen LogP contribution is 2.39. The topological polar surface area (TPSA) is 72.6 Å². The van der Waals surface area contributed by atoms with Gasteiger partial charge in [-0.2, -0.15) is 0 Å². The standard InChI is InChI=1S/C15H20FNO4S/c1-3-12(17(19)20)8-11-9-13(18)15(14(10-11)21-2)22-7-5-4-6-16/h8-10,18H,3-7H2,1-2H3/b12-8+. The van der Waals surface area contributed by atoms with Crippen molar-refractivity contribution in [3.63, 3.8) is 0 Å². The number of allylic oxidation sites excluding steroid dienone is 1. The highest BCUT2D eigenvalue weighted by molar-refractivity contribution is 7.99. The second kappa shape index (κ2) is 9.30. The Kier molecular flexibility index (Phi) is 7.73. The third-order valence-electron chi connectivity index (χ3n) is 2.98. The fraction of sp³-hybridized carbons (Fsp3) is 0.467. The molecule has 0 spiro atoms. The Labute approximate surface area is 133 Å². The average molecular weight is 329 g/mol. The van der Waals surface area contributed by atoms with Crippen molar-refractivity contribution in [1.29, 1.82) is 0 Å². The van der Waals surface area contributed by atoms with E-state index in [9.17, 15) is 19.6 Å². The van der Waals surface area contributed by atoms with Crippen molar-refractivity contribution >= 4 is 17.8 Å². The lowest BCUT2D eigenvalue weighted by atomic mass is 10.1.